The average Bonchev–Trinajstić information content (AvgIpc) is 3.02. The van der Waals surface area contributed by atoms with Gasteiger partial charge in [-0.1, -0.05) is 17.7 Å². The third kappa shape index (κ3) is 2.75. The van der Waals surface area contributed by atoms with Crippen LogP contribution in [0.15, 0.2) is 22.7 Å². The van der Waals surface area contributed by atoms with E-state index in [4.69, 9.17) is 17.3 Å². The lowest BCUT2D eigenvalue weighted by Gasteiger charge is -2.15. The van der Waals surface area contributed by atoms with Crippen molar-refractivity contribution >= 4 is 33.4 Å². The van der Waals surface area contributed by atoms with Gasteiger partial charge in [0.15, 0.2) is 0 Å². The summed E-state index contributed by atoms with van der Waals surface area (Å²) in [6.07, 6.45) is 2.22. The van der Waals surface area contributed by atoms with Crippen molar-refractivity contribution in [1.82, 2.24) is 5.32 Å². The molecule has 0 aliphatic heterocycles. The third-order valence-electron chi connectivity index (χ3n) is 2.54. The van der Waals surface area contributed by atoms with Gasteiger partial charge in [-0.3, -0.25) is 10.1 Å². The SMILES string of the molecule is NC(=O)C(NC1CC1)c1ccc(Cl)c(Br)c1. The predicted molar refractivity (Wildman–Crippen MR) is 67.2 cm³/mol. The van der Waals surface area contributed by atoms with Gasteiger partial charge in [0.2, 0.25) is 5.91 Å². The second kappa shape index (κ2) is 4.73. The molecule has 0 heterocycles. The van der Waals surface area contributed by atoms with E-state index in [9.17, 15) is 4.79 Å². The fourth-order valence-corrected chi connectivity index (χ4v) is 2.03. The number of primary amides is 1. The second-order valence-electron chi connectivity index (χ2n) is 3.95. The fourth-order valence-electron chi connectivity index (χ4n) is 1.52. The maximum absolute atomic E-state index is 11.4. The molecule has 1 saturated carbocycles. The molecule has 1 fully saturated rings. The minimum atomic E-state index is -0.430. The topological polar surface area (TPSA) is 55.1 Å². The van der Waals surface area contributed by atoms with Crippen LogP contribution in [-0.2, 0) is 4.79 Å². The summed E-state index contributed by atoms with van der Waals surface area (Å²) in [5.41, 5.74) is 6.23. The summed E-state index contributed by atoms with van der Waals surface area (Å²) in [6, 6.07) is 5.39. The molecule has 1 amide bonds. The van der Waals surface area contributed by atoms with E-state index in [1.165, 1.54) is 0 Å². The van der Waals surface area contributed by atoms with Crippen molar-refractivity contribution in [2.45, 2.75) is 24.9 Å². The maximum Gasteiger partial charge on any atom is 0.239 e. The van der Waals surface area contributed by atoms with Gasteiger partial charge < -0.3 is 5.73 Å². The molecule has 86 valence electrons. The van der Waals surface area contributed by atoms with E-state index < -0.39 is 6.04 Å². The van der Waals surface area contributed by atoms with Gasteiger partial charge in [0.1, 0.15) is 6.04 Å². The Morgan fingerprint density at radius 1 is 1.56 bits per heavy atom. The van der Waals surface area contributed by atoms with Gasteiger partial charge >= 0.3 is 0 Å². The van der Waals surface area contributed by atoms with Gasteiger partial charge in [-0.15, -0.1) is 0 Å². The Morgan fingerprint density at radius 2 is 2.25 bits per heavy atom. The predicted octanol–water partition coefficient (Wildman–Crippen LogP) is 2.38. The molecule has 1 unspecified atom stereocenters. The molecule has 3 N–H and O–H groups in total. The highest BCUT2D eigenvalue weighted by Gasteiger charge is 2.28. The Hall–Kier alpha value is -0.580. The molecule has 1 aliphatic rings. The zero-order chi connectivity index (χ0) is 11.7. The highest BCUT2D eigenvalue weighted by Crippen LogP contribution is 2.28. The lowest BCUT2D eigenvalue weighted by molar-refractivity contribution is -0.120. The number of halogens is 2. The van der Waals surface area contributed by atoms with E-state index >= 15 is 0 Å². The molecular formula is C11H12BrClN2O. The number of nitrogens with one attached hydrogen (secondary N) is 1. The fraction of sp³-hybridized carbons (Fsp3) is 0.364. The summed E-state index contributed by atoms with van der Waals surface area (Å²) in [7, 11) is 0. The van der Waals surface area contributed by atoms with Gasteiger partial charge in [-0.2, -0.15) is 0 Å². The number of carbonyl (C=O) groups is 1. The van der Waals surface area contributed by atoms with Crippen LogP contribution >= 0.6 is 27.5 Å². The van der Waals surface area contributed by atoms with Crippen LogP contribution in [0, 0.1) is 0 Å². The summed E-state index contributed by atoms with van der Waals surface area (Å²) < 4.78 is 0.774. The molecule has 1 atom stereocenters. The molecule has 3 nitrogen and oxygen atoms in total. The molecule has 0 aromatic heterocycles. The molecule has 1 aromatic rings. The molecule has 1 aromatic carbocycles. The molecule has 0 saturated heterocycles. The van der Waals surface area contributed by atoms with E-state index in [-0.39, 0.29) is 5.91 Å². The molecule has 0 radical (unpaired) electrons. The van der Waals surface area contributed by atoms with Crippen LogP contribution in [0.1, 0.15) is 24.4 Å². The van der Waals surface area contributed by atoms with Crippen LogP contribution in [0.5, 0.6) is 0 Å². The largest absolute Gasteiger partial charge is 0.368 e. The average molecular weight is 304 g/mol. The zero-order valence-electron chi connectivity index (χ0n) is 8.54. The summed E-state index contributed by atoms with van der Waals surface area (Å²) in [6.45, 7) is 0. The third-order valence-corrected chi connectivity index (χ3v) is 3.76. The Balaban J connectivity index is 2.22. The summed E-state index contributed by atoms with van der Waals surface area (Å²) in [5.74, 6) is -0.360. The van der Waals surface area contributed by atoms with Crippen molar-refractivity contribution in [3.63, 3.8) is 0 Å². The first-order valence-corrected chi connectivity index (χ1v) is 6.25. The number of amides is 1. The minimum absolute atomic E-state index is 0.360. The van der Waals surface area contributed by atoms with Crippen LogP contribution in [0.2, 0.25) is 5.02 Å². The summed E-state index contributed by atoms with van der Waals surface area (Å²) in [4.78, 5) is 11.4. The van der Waals surface area contributed by atoms with Gasteiger partial charge in [-0.25, -0.2) is 0 Å². The minimum Gasteiger partial charge on any atom is -0.368 e. The Morgan fingerprint density at radius 3 is 2.75 bits per heavy atom. The zero-order valence-corrected chi connectivity index (χ0v) is 10.9. The van der Waals surface area contributed by atoms with Gasteiger partial charge in [0, 0.05) is 10.5 Å². The molecule has 0 spiro atoms. The molecule has 1 aliphatic carbocycles. The Kier molecular flexibility index (Phi) is 3.52. The number of benzene rings is 1. The van der Waals surface area contributed by atoms with Crippen molar-refractivity contribution in [2.75, 3.05) is 0 Å². The Labute approximate surface area is 107 Å². The first kappa shape index (κ1) is 11.9. The number of hydrogen-bond acceptors (Lipinski definition) is 2. The van der Waals surface area contributed by atoms with E-state index in [2.05, 4.69) is 21.2 Å². The van der Waals surface area contributed by atoms with Gasteiger partial charge in [0.25, 0.3) is 0 Å². The highest BCUT2D eigenvalue weighted by molar-refractivity contribution is 9.10. The van der Waals surface area contributed by atoms with E-state index in [0.29, 0.717) is 11.1 Å². The molecule has 16 heavy (non-hydrogen) atoms. The monoisotopic (exact) mass is 302 g/mol. The quantitative estimate of drug-likeness (QED) is 0.897. The lowest BCUT2D eigenvalue weighted by atomic mass is 10.1. The maximum atomic E-state index is 11.4. The molecule has 2 rings (SSSR count). The number of hydrogen-bond donors (Lipinski definition) is 2. The summed E-state index contributed by atoms with van der Waals surface area (Å²) in [5, 5.41) is 3.84. The van der Waals surface area contributed by atoms with Crippen LogP contribution in [-0.4, -0.2) is 11.9 Å². The van der Waals surface area contributed by atoms with E-state index in [1.54, 1.807) is 6.07 Å². The first-order valence-electron chi connectivity index (χ1n) is 5.08. The normalized spacial score (nSPS) is 17.1. The number of nitrogens with two attached hydrogens (primary N) is 1. The number of carbonyl (C=O) groups excluding carboxylic acids is 1. The van der Waals surface area contributed by atoms with Crippen molar-refractivity contribution in [1.29, 1.82) is 0 Å². The van der Waals surface area contributed by atoms with E-state index in [0.717, 1.165) is 22.9 Å². The number of rotatable bonds is 4. The molecule has 5 heteroatoms. The standard InChI is InChI=1S/C11H12BrClN2O/c12-8-5-6(1-4-9(8)13)10(11(14)16)15-7-2-3-7/h1,4-5,7,10,15H,2-3H2,(H2,14,16). The molecule has 0 bridgehead atoms. The van der Waals surface area contributed by atoms with E-state index in [1.807, 2.05) is 12.1 Å². The second-order valence-corrected chi connectivity index (χ2v) is 5.21. The van der Waals surface area contributed by atoms with Crippen molar-refractivity contribution in [2.24, 2.45) is 5.73 Å². The van der Waals surface area contributed by atoms with Crippen molar-refractivity contribution < 1.29 is 4.79 Å². The van der Waals surface area contributed by atoms with Crippen LogP contribution in [0.4, 0.5) is 0 Å². The van der Waals surface area contributed by atoms with Crippen molar-refractivity contribution in [3.8, 4) is 0 Å². The first-order chi connectivity index (χ1) is 7.58. The summed E-state index contributed by atoms with van der Waals surface area (Å²) >= 11 is 9.23. The van der Waals surface area contributed by atoms with Crippen molar-refractivity contribution in [3.05, 3.63) is 33.3 Å². The molecular weight excluding hydrogens is 291 g/mol. The van der Waals surface area contributed by atoms with Gasteiger partial charge in [-0.05, 0) is 46.5 Å². The lowest BCUT2D eigenvalue weighted by Crippen LogP contribution is -2.34. The highest BCUT2D eigenvalue weighted by atomic mass is 79.9. The Bertz CT molecular complexity index is 420. The van der Waals surface area contributed by atoms with Crippen LogP contribution in [0.25, 0.3) is 0 Å². The smallest absolute Gasteiger partial charge is 0.239 e. The van der Waals surface area contributed by atoms with Crippen LogP contribution in [0.3, 0.4) is 0 Å². The van der Waals surface area contributed by atoms with Gasteiger partial charge in [0.05, 0.1) is 5.02 Å². The van der Waals surface area contributed by atoms with Crippen LogP contribution < -0.4 is 11.1 Å².